The maximum atomic E-state index is 10.2. The number of imide groups is 1. The van der Waals surface area contributed by atoms with Gasteiger partial charge in [0, 0.05) is 17.7 Å². The van der Waals surface area contributed by atoms with E-state index in [-0.39, 0.29) is 17.8 Å². The molecule has 0 spiro atoms. The van der Waals surface area contributed by atoms with Crippen molar-refractivity contribution in [3.05, 3.63) is 85.0 Å². The van der Waals surface area contributed by atoms with E-state index in [4.69, 9.17) is 0 Å². The van der Waals surface area contributed by atoms with Gasteiger partial charge in [0.25, 0.3) is 11.8 Å². The Labute approximate surface area is 163 Å². The third-order valence-corrected chi connectivity index (χ3v) is 3.78. The number of carbonyl (C=O) groups excluding carboxylic acids is 3. The fraction of sp³-hybridized carbons (Fsp3) is 0.0870. The molecule has 5 nitrogen and oxygen atoms in total. The Kier molecular flexibility index (Phi) is 7.22. The van der Waals surface area contributed by atoms with Crippen molar-refractivity contribution in [1.29, 1.82) is 0 Å². The van der Waals surface area contributed by atoms with Crippen molar-refractivity contribution in [2.24, 2.45) is 0 Å². The zero-order valence-electron chi connectivity index (χ0n) is 15.8. The van der Waals surface area contributed by atoms with Crippen LogP contribution in [-0.4, -0.2) is 24.9 Å². The number of nitrogens with one attached hydrogen (secondary N) is 1. The Hall–Kier alpha value is -3.73. The van der Waals surface area contributed by atoms with Crippen molar-refractivity contribution in [3.63, 3.8) is 0 Å². The minimum Gasteiger partial charge on any atom is -0.466 e. The lowest BCUT2D eigenvalue weighted by Crippen LogP contribution is -2.19. The summed E-state index contributed by atoms with van der Waals surface area (Å²) in [5.74, 6) is -1.00. The van der Waals surface area contributed by atoms with Crippen molar-refractivity contribution < 1.29 is 19.1 Å². The normalized spacial score (nSPS) is 11.8. The zero-order valence-corrected chi connectivity index (χ0v) is 15.8. The Morgan fingerprint density at radius 3 is 1.36 bits per heavy atom. The fourth-order valence-electron chi connectivity index (χ4n) is 2.41. The van der Waals surface area contributed by atoms with Crippen LogP contribution in [-0.2, 0) is 19.1 Å². The molecule has 1 heterocycles. The highest BCUT2D eigenvalue weighted by Crippen LogP contribution is 2.21. The van der Waals surface area contributed by atoms with Crippen LogP contribution in [0.5, 0.6) is 0 Å². The molecule has 0 radical (unpaired) electrons. The molecule has 0 aliphatic carbocycles. The molecule has 0 fully saturated rings. The molecular weight excluding hydrogens is 354 g/mol. The summed E-state index contributed by atoms with van der Waals surface area (Å²) < 4.78 is 4.27. The highest BCUT2D eigenvalue weighted by molar-refractivity contribution is 6.12. The quantitative estimate of drug-likeness (QED) is 0.303. The van der Waals surface area contributed by atoms with Gasteiger partial charge in [-0.3, -0.25) is 14.9 Å². The zero-order chi connectivity index (χ0) is 20.5. The Morgan fingerprint density at radius 1 is 0.821 bits per heavy atom. The summed E-state index contributed by atoms with van der Waals surface area (Å²) in [6.45, 7) is 4.95. The molecule has 2 amide bonds. The molecule has 4 rings (SSSR count). The van der Waals surface area contributed by atoms with Gasteiger partial charge in [0.1, 0.15) is 0 Å². The summed E-state index contributed by atoms with van der Waals surface area (Å²) >= 11 is 0. The van der Waals surface area contributed by atoms with Crippen LogP contribution in [0.2, 0.25) is 0 Å². The minimum atomic E-state index is -0.347. The molecule has 0 unspecified atom stereocenters. The predicted molar refractivity (Wildman–Crippen MR) is 111 cm³/mol. The predicted octanol–water partition coefficient (Wildman–Crippen LogP) is 3.93. The average molecular weight is 375 g/mol. The number of benzene rings is 3. The number of ether oxygens (including phenoxy) is 1. The molecular formula is C23H21NO4. The third kappa shape index (κ3) is 5.92. The Morgan fingerprint density at radius 2 is 1.18 bits per heavy atom. The van der Waals surface area contributed by atoms with Gasteiger partial charge >= 0.3 is 5.97 Å². The average Bonchev–Trinajstić information content (AvgIpc) is 3.09. The first-order valence-corrected chi connectivity index (χ1v) is 8.55. The van der Waals surface area contributed by atoms with Crippen molar-refractivity contribution >= 4 is 39.3 Å². The van der Waals surface area contributed by atoms with Gasteiger partial charge in [-0.25, -0.2) is 4.79 Å². The molecule has 3 aromatic rings. The number of amides is 2. The number of carbonyl (C=O) groups is 3. The lowest BCUT2D eigenvalue weighted by molar-refractivity contribution is -0.136. The summed E-state index contributed by atoms with van der Waals surface area (Å²) in [6.07, 6.45) is 2.39. The lowest BCUT2D eigenvalue weighted by Gasteiger charge is -2.00. The van der Waals surface area contributed by atoms with Gasteiger partial charge in [0.15, 0.2) is 0 Å². The summed E-state index contributed by atoms with van der Waals surface area (Å²) in [6, 6.07) is 21.4. The van der Waals surface area contributed by atoms with E-state index in [9.17, 15) is 14.4 Å². The second-order valence-corrected chi connectivity index (χ2v) is 6.01. The highest BCUT2D eigenvalue weighted by Gasteiger charge is 2.06. The minimum absolute atomic E-state index is 0.329. The second kappa shape index (κ2) is 9.83. The van der Waals surface area contributed by atoms with Gasteiger partial charge in [-0.2, -0.15) is 0 Å². The van der Waals surface area contributed by atoms with Crippen LogP contribution >= 0.6 is 0 Å². The smallest absolute Gasteiger partial charge is 0.332 e. The second-order valence-electron chi connectivity index (χ2n) is 6.01. The number of rotatable bonds is 1. The molecule has 5 heteroatoms. The van der Waals surface area contributed by atoms with Crippen LogP contribution in [0.15, 0.2) is 85.0 Å². The van der Waals surface area contributed by atoms with Gasteiger partial charge in [-0.05, 0) is 40.6 Å². The summed E-state index contributed by atoms with van der Waals surface area (Å²) in [5.41, 5.74) is 0.433. The number of hydrogen-bond acceptors (Lipinski definition) is 4. The Bertz CT molecular complexity index is 945. The first-order chi connectivity index (χ1) is 13.4. The van der Waals surface area contributed by atoms with Gasteiger partial charge in [0.05, 0.1) is 7.11 Å². The van der Waals surface area contributed by atoms with Gasteiger partial charge in [-0.15, -0.1) is 0 Å². The topological polar surface area (TPSA) is 72.5 Å². The van der Waals surface area contributed by atoms with Crippen molar-refractivity contribution in [2.45, 2.75) is 6.92 Å². The largest absolute Gasteiger partial charge is 0.466 e. The van der Waals surface area contributed by atoms with Crippen LogP contribution in [0.25, 0.3) is 21.5 Å². The summed E-state index contributed by atoms with van der Waals surface area (Å²) in [4.78, 5) is 30.3. The van der Waals surface area contributed by atoms with E-state index in [0.29, 0.717) is 5.57 Å². The van der Waals surface area contributed by atoms with E-state index in [0.717, 1.165) is 0 Å². The van der Waals surface area contributed by atoms with E-state index in [1.165, 1.54) is 40.8 Å². The van der Waals surface area contributed by atoms with Crippen molar-refractivity contribution in [3.8, 4) is 0 Å². The molecule has 0 bridgehead atoms. The van der Waals surface area contributed by atoms with E-state index < -0.39 is 0 Å². The van der Waals surface area contributed by atoms with E-state index >= 15 is 0 Å². The lowest BCUT2D eigenvalue weighted by atomic mass is 10.0. The van der Waals surface area contributed by atoms with Crippen molar-refractivity contribution in [2.75, 3.05) is 7.11 Å². The van der Waals surface area contributed by atoms with E-state index in [1.807, 2.05) is 5.32 Å². The molecule has 0 saturated heterocycles. The maximum Gasteiger partial charge on any atom is 0.332 e. The van der Waals surface area contributed by atoms with E-state index in [1.54, 1.807) is 6.92 Å². The maximum absolute atomic E-state index is 10.2. The number of hydrogen-bond donors (Lipinski definition) is 1. The monoisotopic (exact) mass is 375 g/mol. The van der Waals surface area contributed by atoms with Crippen LogP contribution in [0, 0.1) is 0 Å². The number of methoxy groups -OCH3 is 1. The Balaban J connectivity index is 0.000000170. The molecule has 1 aliphatic rings. The van der Waals surface area contributed by atoms with Crippen LogP contribution in [0.1, 0.15) is 6.92 Å². The van der Waals surface area contributed by atoms with Crippen LogP contribution < -0.4 is 5.32 Å². The summed E-state index contributed by atoms with van der Waals surface area (Å²) in [7, 11) is 1.33. The molecule has 142 valence electrons. The SMILES string of the molecule is C=C(C)C(=O)OC.O=C1C=CC(=O)N1.c1ccc2cc3ccccc3cc2c1. The number of fused-ring (bicyclic) bond motifs is 2. The standard InChI is InChI=1S/C14H10.C5H8O2.C4H3NO2/c1-2-6-12-10-14-8-4-3-7-13(14)9-11(12)5-1;1-4(2)5(6)7-3;6-3-1-2-4(7)5-3/h1-10H;1H2,2-3H3;1-2H,(H,5,6,7). The molecule has 28 heavy (non-hydrogen) atoms. The van der Waals surface area contributed by atoms with E-state index in [2.05, 4.69) is 72.0 Å². The van der Waals surface area contributed by atoms with Crippen LogP contribution in [0.3, 0.4) is 0 Å². The van der Waals surface area contributed by atoms with Gasteiger partial charge < -0.3 is 4.74 Å². The molecule has 0 saturated carbocycles. The molecule has 1 aliphatic heterocycles. The highest BCUT2D eigenvalue weighted by atomic mass is 16.5. The third-order valence-electron chi connectivity index (χ3n) is 3.78. The van der Waals surface area contributed by atoms with Gasteiger partial charge in [0.2, 0.25) is 0 Å². The van der Waals surface area contributed by atoms with Gasteiger partial charge in [-0.1, -0.05) is 55.1 Å². The summed E-state index contributed by atoms with van der Waals surface area (Å²) in [5, 5.41) is 7.27. The first kappa shape index (κ1) is 20.6. The first-order valence-electron chi connectivity index (χ1n) is 8.55. The molecule has 1 N–H and O–H groups in total. The van der Waals surface area contributed by atoms with Crippen molar-refractivity contribution in [1.82, 2.24) is 5.32 Å². The fourth-order valence-corrected chi connectivity index (χ4v) is 2.41. The molecule has 0 aromatic heterocycles. The van der Waals surface area contributed by atoms with Crippen LogP contribution in [0.4, 0.5) is 0 Å². The molecule has 0 atom stereocenters. The molecule has 3 aromatic carbocycles. The number of esters is 1.